The lowest BCUT2D eigenvalue weighted by Gasteiger charge is -2.13. The molecule has 0 N–H and O–H groups in total. The number of para-hydroxylation sites is 1. The van der Waals surface area contributed by atoms with Crippen molar-refractivity contribution in [3.05, 3.63) is 76.1 Å². The number of benzene rings is 2. The molecule has 154 valence electrons. The zero-order valence-corrected chi connectivity index (χ0v) is 16.7. The maximum Gasteiger partial charge on any atom is 0.375 e. The van der Waals surface area contributed by atoms with Gasteiger partial charge in [0.05, 0.1) is 31.2 Å². The first kappa shape index (κ1) is 21.0. The first-order valence-corrected chi connectivity index (χ1v) is 9.42. The Morgan fingerprint density at radius 2 is 1.70 bits per heavy atom. The Bertz CT molecular complexity index is 1160. The maximum absolute atomic E-state index is 12.9. The van der Waals surface area contributed by atoms with Gasteiger partial charge in [-0.25, -0.2) is 4.79 Å². The van der Waals surface area contributed by atoms with Crippen molar-refractivity contribution in [1.82, 2.24) is 4.57 Å². The number of aromatic nitrogens is 1. The third kappa shape index (κ3) is 4.46. The van der Waals surface area contributed by atoms with Crippen LogP contribution in [0.4, 0.5) is 0 Å². The molecule has 0 atom stereocenters. The van der Waals surface area contributed by atoms with Gasteiger partial charge in [0.25, 0.3) is 0 Å². The van der Waals surface area contributed by atoms with Gasteiger partial charge >= 0.3 is 5.97 Å². The fourth-order valence-electron chi connectivity index (χ4n) is 3.13. The summed E-state index contributed by atoms with van der Waals surface area (Å²) in [4.78, 5) is 49.0. The number of rotatable bonds is 8. The van der Waals surface area contributed by atoms with E-state index in [0.29, 0.717) is 17.4 Å². The van der Waals surface area contributed by atoms with Gasteiger partial charge in [0, 0.05) is 18.1 Å². The molecule has 30 heavy (non-hydrogen) atoms. The van der Waals surface area contributed by atoms with Crippen molar-refractivity contribution in [2.45, 2.75) is 19.9 Å². The molecule has 0 saturated carbocycles. The van der Waals surface area contributed by atoms with E-state index >= 15 is 0 Å². The van der Waals surface area contributed by atoms with E-state index in [9.17, 15) is 19.2 Å². The topological polar surface area (TPSA) is 91.7 Å². The summed E-state index contributed by atoms with van der Waals surface area (Å²) in [5.74, 6) is -2.05. The number of esters is 1. The molecule has 1 aromatic heterocycles. The van der Waals surface area contributed by atoms with E-state index in [4.69, 9.17) is 4.74 Å². The van der Waals surface area contributed by atoms with Crippen molar-refractivity contribution in [2.75, 3.05) is 13.7 Å². The molecule has 0 unspecified atom stereocenters. The fourth-order valence-corrected chi connectivity index (χ4v) is 3.13. The van der Waals surface area contributed by atoms with Gasteiger partial charge in [0.2, 0.25) is 5.78 Å². The molecule has 2 aromatic carbocycles. The number of Topliss-reactive ketones (excluding diaryl/α,β-unsaturated/α-hetero) is 2. The van der Waals surface area contributed by atoms with Crippen LogP contribution in [0.1, 0.15) is 29.3 Å². The van der Waals surface area contributed by atoms with Gasteiger partial charge in [0.1, 0.15) is 5.75 Å². The lowest BCUT2D eigenvalue weighted by atomic mass is 10.0. The predicted molar refractivity (Wildman–Crippen MR) is 111 cm³/mol. The molecule has 0 amide bonds. The van der Waals surface area contributed by atoms with Crippen LogP contribution in [0, 0.1) is 0 Å². The van der Waals surface area contributed by atoms with E-state index in [1.807, 2.05) is 24.3 Å². The molecular weight excluding hydrogens is 386 g/mol. The van der Waals surface area contributed by atoms with Crippen LogP contribution in [0.3, 0.4) is 0 Å². The van der Waals surface area contributed by atoms with Crippen LogP contribution in [-0.4, -0.2) is 35.8 Å². The first-order valence-electron chi connectivity index (χ1n) is 9.42. The van der Waals surface area contributed by atoms with Crippen LogP contribution in [0.25, 0.3) is 10.9 Å². The summed E-state index contributed by atoms with van der Waals surface area (Å²) in [7, 11) is 1.58. The highest BCUT2D eigenvalue weighted by Gasteiger charge is 2.23. The highest BCUT2D eigenvalue weighted by atomic mass is 16.5. The summed E-state index contributed by atoms with van der Waals surface area (Å²) in [6.07, 6.45) is 0.727. The molecule has 0 radical (unpaired) electrons. The molecule has 0 aliphatic carbocycles. The quantitative estimate of drug-likeness (QED) is 0.247. The van der Waals surface area contributed by atoms with E-state index in [0.717, 1.165) is 11.3 Å². The number of fused-ring (bicyclic) bond motifs is 1. The molecule has 7 heteroatoms. The standard InChI is InChI=1S/C23H21NO6/c1-3-30-23(28)21(26)12-20(25)18-14-24(13-15-8-10-16(29-2)11-9-15)19-7-5-4-6-17(19)22(18)27/h4-11,14H,3,12-13H2,1-2H3. The Kier molecular flexibility index (Phi) is 6.41. The third-order valence-corrected chi connectivity index (χ3v) is 4.62. The van der Waals surface area contributed by atoms with Crippen molar-refractivity contribution < 1.29 is 23.9 Å². The Morgan fingerprint density at radius 1 is 1.00 bits per heavy atom. The fraction of sp³-hybridized carbons (Fsp3) is 0.217. The van der Waals surface area contributed by atoms with E-state index in [1.54, 1.807) is 42.9 Å². The van der Waals surface area contributed by atoms with Gasteiger partial charge in [0.15, 0.2) is 11.2 Å². The second-order valence-electron chi connectivity index (χ2n) is 6.61. The Morgan fingerprint density at radius 3 is 2.37 bits per heavy atom. The summed E-state index contributed by atoms with van der Waals surface area (Å²) in [5.41, 5.74) is 0.982. The minimum absolute atomic E-state index is 0.0312. The highest BCUT2D eigenvalue weighted by Crippen LogP contribution is 2.17. The summed E-state index contributed by atoms with van der Waals surface area (Å²) >= 11 is 0. The summed E-state index contributed by atoms with van der Waals surface area (Å²) in [5, 5.41) is 0.362. The molecule has 0 spiro atoms. The van der Waals surface area contributed by atoms with Crippen LogP contribution in [0.2, 0.25) is 0 Å². The van der Waals surface area contributed by atoms with Crippen LogP contribution in [0.15, 0.2) is 59.5 Å². The number of carbonyl (C=O) groups is 3. The van der Waals surface area contributed by atoms with Gasteiger partial charge in [-0.3, -0.25) is 14.4 Å². The smallest absolute Gasteiger partial charge is 0.375 e. The highest BCUT2D eigenvalue weighted by molar-refractivity contribution is 6.38. The maximum atomic E-state index is 12.9. The number of hydrogen-bond acceptors (Lipinski definition) is 6. The average molecular weight is 407 g/mol. The van der Waals surface area contributed by atoms with Crippen LogP contribution < -0.4 is 10.2 Å². The van der Waals surface area contributed by atoms with E-state index in [-0.39, 0.29) is 12.2 Å². The second kappa shape index (κ2) is 9.17. The summed E-state index contributed by atoms with van der Waals surface area (Å²) in [6, 6.07) is 14.4. The number of nitrogens with zero attached hydrogens (tertiary/aromatic N) is 1. The molecule has 0 bridgehead atoms. The zero-order chi connectivity index (χ0) is 21.7. The molecular formula is C23H21NO6. The van der Waals surface area contributed by atoms with Crippen LogP contribution in [-0.2, 0) is 20.9 Å². The van der Waals surface area contributed by atoms with Crippen molar-refractivity contribution >= 4 is 28.4 Å². The Balaban J connectivity index is 2.00. The van der Waals surface area contributed by atoms with Crippen molar-refractivity contribution in [1.29, 1.82) is 0 Å². The minimum atomic E-state index is -1.08. The number of hydrogen-bond donors (Lipinski definition) is 0. The number of ketones is 2. The SMILES string of the molecule is CCOC(=O)C(=O)CC(=O)c1cn(Cc2ccc(OC)cc2)c2ccccc2c1=O. The van der Waals surface area contributed by atoms with Gasteiger partial charge < -0.3 is 14.0 Å². The minimum Gasteiger partial charge on any atom is -0.497 e. The number of methoxy groups -OCH3 is 1. The van der Waals surface area contributed by atoms with Crippen LogP contribution in [0.5, 0.6) is 5.75 Å². The van der Waals surface area contributed by atoms with E-state index < -0.39 is 29.4 Å². The lowest BCUT2D eigenvalue weighted by Crippen LogP contribution is -2.25. The second-order valence-corrected chi connectivity index (χ2v) is 6.61. The van der Waals surface area contributed by atoms with E-state index in [1.165, 1.54) is 6.20 Å². The Hall–Kier alpha value is -3.74. The lowest BCUT2D eigenvalue weighted by molar-refractivity contribution is -0.153. The molecule has 1 heterocycles. The number of ether oxygens (including phenoxy) is 2. The van der Waals surface area contributed by atoms with Gasteiger partial charge in [-0.1, -0.05) is 24.3 Å². The molecule has 0 aliphatic heterocycles. The molecule has 3 aromatic rings. The number of carbonyl (C=O) groups excluding carboxylic acids is 3. The summed E-state index contributed by atoms with van der Waals surface area (Å²) < 4.78 is 11.6. The third-order valence-electron chi connectivity index (χ3n) is 4.62. The van der Waals surface area contributed by atoms with E-state index in [2.05, 4.69) is 4.74 Å². The van der Waals surface area contributed by atoms with Gasteiger partial charge in [-0.15, -0.1) is 0 Å². The predicted octanol–water partition coefficient (Wildman–Crippen LogP) is 2.76. The molecule has 0 saturated heterocycles. The largest absolute Gasteiger partial charge is 0.497 e. The zero-order valence-electron chi connectivity index (χ0n) is 16.7. The van der Waals surface area contributed by atoms with Gasteiger partial charge in [-0.05, 0) is 36.8 Å². The average Bonchev–Trinajstić information content (AvgIpc) is 2.76. The van der Waals surface area contributed by atoms with Gasteiger partial charge in [-0.2, -0.15) is 0 Å². The van der Waals surface area contributed by atoms with Crippen LogP contribution >= 0.6 is 0 Å². The van der Waals surface area contributed by atoms with Crippen molar-refractivity contribution in [2.24, 2.45) is 0 Å². The first-order chi connectivity index (χ1) is 14.4. The van der Waals surface area contributed by atoms with Crippen molar-refractivity contribution in [3.63, 3.8) is 0 Å². The van der Waals surface area contributed by atoms with Crippen molar-refractivity contribution in [3.8, 4) is 5.75 Å². The number of pyridine rings is 1. The molecule has 7 nitrogen and oxygen atoms in total. The molecule has 0 aliphatic rings. The molecule has 3 rings (SSSR count). The molecule has 0 fully saturated rings. The normalized spacial score (nSPS) is 10.6. The summed E-state index contributed by atoms with van der Waals surface area (Å²) in [6.45, 7) is 1.99. The Labute approximate surface area is 172 Å². The monoisotopic (exact) mass is 407 g/mol.